The fraction of sp³-hybridized carbons (Fsp3) is 0.500. The first-order valence-corrected chi connectivity index (χ1v) is 10.7. The minimum atomic E-state index is 0.169. The molecule has 0 aliphatic carbocycles. The first-order chi connectivity index (χ1) is 14.7. The zero-order valence-electron chi connectivity index (χ0n) is 18.0. The molecule has 1 aliphatic rings. The van der Waals surface area contributed by atoms with Crippen LogP contribution in [0, 0.1) is 0 Å². The summed E-state index contributed by atoms with van der Waals surface area (Å²) in [6.45, 7) is 11.1. The SMILES string of the molecule is CCNC(=NCc1ccccc1Cn1cccn1)NCCN1CCN(C(C)=O)CC1. The zero-order valence-corrected chi connectivity index (χ0v) is 18.0. The molecule has 0 saturated carbocycles. The highest BCUT2D eigenvalue weighted by Crippen LogP contribution is 2.11. The molecule has 0 spiro atoms. The van der Waals surface area contributed by atoms with E-state index in [9.17, 15) is 4.79 Å². The number of carbonyl (C=O) groups is 1. The average Bonchev–Trinajstić information content (AvgIpc) is 3.26. The number of piperazine rings is 1. The summed E-state index contributed by atoms with van der Waals surface area (Å²) < 4.78 is 1.93. The maximum Gasteiger partial charge on any atom is 0.219 e. The van der Waals surface area contributed by atoms with Gasteiger partial charge in [-0.1, -0.05) is 24.3 Å². The summed E-state index contributed by atoms with van der Waals surface area (Å²) in [6, 6.07) is 10.3. The number of aliphatic imine (C=N–C) groups is 1. The molecule has 3 rings (SSSR count). The van der Waals surface area contributed by atoms with Gasteiger partial charge in [-0.3, -0.25) is 14.4 Å². The van der Waals surface area contributed by atoms with E-state index in [4.69, 9.17) is 4.99 Å². The number of carbonyl (C=O) groups excluding carboxylic acids is 1. The lowest BCUT2D eigenvalue weighted by Gasteiger charge is -2.34. The Kier molecular flexibility index (Phi) is 8.26. The molecule has 162 valence electrons. The Morgan fingerprint density at radius 3 is 2.53 bits per heavy atom. The summed E-state index contributed by atoms with van der Waals surface area (Å²) in [5.41, 5.74) is 2.43. The Morgan fingerprint density at radius 1 is 1.10 bits per heavy atom. The molecule has 2 heterocycles. The molecular weight excluding hydrogens is 378 g/mol. The van der Waals surface area contributed by atoms with Crippen LogP contribution in [0.1, 0.15) is 25.0 Å². The lowest BCUT2D eigenvalue weighted by Crippen LogP contribution is -2.50. The Labute approximate surface area is 179 Å². The molecule has 1 saturated heterocycles. The van der Waals surface area contributed by atoms with E-state index < -0.39 is 0 Å². The van der Waals surface area contributed by atoms with Crippen LogP contribution >= 0.6 is 0 Å². The van der Waals surface area contributed by atoms with E-state index in [1.807, 2.05) is 21.8 Å². The van der Waals surface area contributed by atoms with E-state index in [1.54, 1.807) is 13.1 Å². The van der Waals surface area contributed by atoms with Crippen molar-refractivity contribution in [2.75, 3.05) is 45.8 Å². The molecule has 1 aromatic heterocycles. The van der Waals surface area contributed by atoms with Gasteiger partial charge in [0.2, 0.25) is 5.91 Å². The maximum absolute atomic E-state index is 11.4. The van der Waals surface area contributed by atoms with E-state index in [2.05, 4.69) is 51.8 Å². The second kappa shape index (κ2) is 11.3. The molecule has 0 bridgehead atoms. The highest BCUT2D eigenvalue weighted by molar-refractivity contribution is 5.79. The van der Waals surface area contributed by atoms with Crippen LogP contribution in [0.4, 0.5) is 0 Å². The summed E-state index contributed by atoms with van der Waals surface area (Å²) in [4.78, 5) is 20.5. The number of nitrogens with one attached hydrogen (secondary N) is 2. The van der Waals surface area contributed by atoms with Crippen molar-refractivity contribution in [3.8, 4) is 0 Å². The first-order valence-electron chi connectivity index (χ1n) is 10.7. The molecule has 8 heteroatoms. The van der Waals surface area contributed by atoms with Crippen molar-refractivity contribution >= 4 is 11.9 Å². The van der Waals surface area contributed by atoms with E-state index in [0.717, 1.165) is 58.3 Å². The highest BCUT2D eigenvalue weighted by atomic mass is 16.2. The number of guanidine groups is 1. The summed E-state index contributed by atoms with van der Waals surface area (Å²) in [7, 11) is 0. The van der Waals surface area contributed by atoms with Crippen LogP contribution in [-0.4, -0.2) is 77.3 Å². The largest absolute Gasteiger partial charge is 0.357 e. The molecule has 8 nitrogen and oxygen atoms in total. The van der Waals surface area contributed by atoms with Crippen molar-refractivity contribution in [1.29, 1.82) is 0 Å². The molecule has 0 unspecified atom stereocenters. The minimum absolute atomic E-state index is 0.169. The van der Waals surface area contributed by atoms with Crippen LogP contribution in [0.5, 0.6) is 0 Å². The fourth-order valence-corrected chi connectivity index (χ4v) is 3.56. The Balaban J connectivity index is 1.51. The monoisotopic (exact) mass is 411 g/mol. The Bertz CT molecular complexity index is 811. The average molecular weight is 412 g/mol. The van der Waals surface area contributed by atoms with Crippen LogP contribution in [0.25, 0.3) is 0 Å². The van der Waals surface area contributed by atoms with Gasteiger partial charge in [-0.15, -0.1) is 0 Å². The van der Waals surface area contributed by atoms with Crippen LogP contribution in [-0.2, 0) is 17.9 Å². The number of rotatable bonds is 8. The van der Waals surface area contributed by atoms with Gasteiger partial charge in [-0.2, -0.15) is 5.10 Å². The van der Waals surface area contributed by atoms with Crippen LogP contribution in [0.2, 0.25) is 0 Å². The van der Waals surface area contributed by atoms with E-state index in [-0.39, 0.29) is 5.91 Å². The molecule has 1 aromatic carbocycles. The molecule has 2 N–H and O–H groups in total. The van der Waals surface area contributed by atoms with Crippen molar-refractivity contribution < 1.29 is 4.79 Å². The van der Waals surface area contributed by atoms with Gasteiger partial charge in [0, 0.05) is 65.1 Å². The number of hydrogen-bond donors (Lipinski definition) is 2. The second-order valence-electron chi connectivity index (χ2n) is 7.44. The van der Waals surface area contributed by atoms with Gasteiger partial charge in [-0.25, -0.2) is 4.99 Å². The Morgan fingerprint density at radius 2 is 1.87 bits per heavy atom. The topological polar surface area (TPSA) is 77.8 Å². The number of amides is 1. The third-order valence-corrected chi connectivity index (χ3v) is 5.30. The molecule has 0 radical (unpaired) electrons. The lowest BCUT2D eigenvalue weighted by molar-refractivity contribution is -0.130. The van der Waals surface area contributed by atoms with Crippen molar-refractivity contribution in [3.05, 3.63) is 53.9 Å². The van der Waals surface area contributed by atoms with Gasteiger partial charge < -0.3 is 15.5 Å². The quantitative estimate of drug-likeness (QED) is 0.503. The predicted molar refractivity (Wildman–Crippen MR) is 119 cm³/mol. The molecule has 1 fully saturated rings. The van der Waals surface area contributed by atoms with Gasteiger partial charge >= 0.3 is 0 Å². The molecular formula is C22H33N7O. The maximum atomic E-state index is 11.4. The second-order valence-corrected chi connectivity index (χ2v) is 7.44. The molecule has 1 amide bonds. The number of nitrogens with zero attached hydrogens (tertiary/aromatic N) is 5. The summed E-state index contributed by atoms with van der Waals surface area (Å²) in [6.07, 6.45) is 3.77. The fourth-order valence-electron chi connectivity index (χ4n) is 3.56. The third kappa shape index (κ3) is 6.59. The van der Waals surface area contributed by atoms with Crippen molar-refractivity contribution in [2.45, 2.75) is 26.9 Å². The zero-order chi connectivity index (χ0) is 21.2. The summed E-state index contributed by atoms with van der Waals surface area (Å²) in [5, 5.41) is 11.1. The molecule has 2 aromatic rings. The van der Waals surface area contributed by atoms with Gasteiger partial charge in [0.25, 0.3) is 0 Å². The summed E-state index contributed by atoms with van der Waals surface area (Å²) >= 11 is 0. The van der Waals surface area contributed by atoms with Gasteiger partial charge in [-0.05, 0) is 24.1 Å². The lowest BCUT2D eigenvalue weighted by atomic mass is 10.1. The third-order valence-electron chi connectivity index (χ3n) is 5.30. The minimum Gasteiger partial charge on any atom is -0.357 e. The van der Waals surface area contributed by atoms with Crippen molar-refractivity contribution in [1.82, 2.24) is 30.2 Å². The molecule has 30 heavy (non-hydrogen) atoms. The molecule has 1 aliphatic heterocycles. The Hall–Kier alpha value is -2.87. The number of aromatic nitrogens is 2. The smallest absolute Gasteiger partial charge is 0.219 e. The number of hydrogen-bond acceptors (Lipinski definition) is 4. The van der Waals surface area contributed by atoms with Gasteiger partial charge in [0.1, 0.15) is 0 Å². The van der Waals surface area contributed by atoms with Crippen LogP contribution in [0.3, 0.4) is 0 Å². The van der Waals surface area contributed by atoms with Gasteiger partial charge in [0.05, 0.1) is 13.1 Å². The predicted octanol–water partition coefficient (Wildman–Crippen LogP) is 1.15. The number of benzene rings is 1. The van der Waals surface area contributed by atoms with E-state index in [1.165, 1.54) is 11.1 Å². The standard InChI is InChI=1S/C22H33N7O/c1-3-23-22(24-10-12-27-13-15-28(16-14-27)19(2)30)25-17-20-7-4-5-8-21(20)18-29-11-6-9-26-29/h4-9,11H,3,10,12-18H2,1-2H3,(H2,23,24,25). The van der Waals surface area contributed by atoms with Crippen molar-refractivity contribution in [3.63, 3.8) is 0 Å². The van der Waals surface area contributed by atoms with E-state index in [0.29, 0.717) is 6.54 Å². The summed E-state index contributed by atoms with van der Waals surface area (Å²) in [5.74, 6) is 0.996. The highest BCUT2D eigenvalue weighted by Gasteiger charge is 2.17. The van der Waals surface area contributed by atoms with Crippen molar-refractivity contribution in [2.24, 2.45) is 4.99 Å². The normalized spacial score (nSPS) is 15.3. The first kappa shape index (κ1) is 21.8. The van der Waals surface area contributed by atoms with Crippen LogP contribution < -0.4 is 10.6 Å². The van der Waals surface area contributed by atoms with Crippen LogP contribution in [0.15, 0.2) is 47.7 Å². The van der Waals surface area contributed by atoms with Gasteiger partial charge in [0.15, 0.2) is 5.96 Å². The molecule has 0 atom stereocenters. The van der Waals surface area contributed by atoms with E-state index >= 15 is 0 Å².